The van der Waals surface area contributed by atoms with Crippen molar-refractivity contribution in [2.45, 2.75) is 50.7 Å². The van der Waals surface area contributed by atoms with Crippen molar-refractivity contribution in [3.8, 4) is 17.2 Å². The maximum absolute atomic E-state index is 10.8. The van der Waals surface area contributed by atoms with Gasteiger partial charge in [0.05, 0.1) is 39.6 Å². The van der Waals surface area contributed by atoms with Crippen LogP contribution in [0.2, 0.25) is 0 Å². The molecule has 226 valence electrons. The van der Waals surface area contributed by atoms with Crippen LogP contribution < -0.4 is 19.5 Å². The summed E-state index contributed by atoms with van der Waals surface area (Å²) in [6.45, 7) is 4.39. The molecule has 0 unspecified atom stereocenters. The number of benzene rings is 3. The van der Waals surface area contributed by atoms with Crippen LogP contribution in [0.15, 0.2) is 72.8 Å². The third-order valence-corrected chi connectivity index (χ3v) is 7.37. The van der Waals surface area contributed by atoms with Crippen molar-refractivity contribution in [2.24, 2.45) is 0 Å². The molecule has 2 N–H and O–H groups in total. The second-order valence-corrected chi connectivity index (χ2v) is 10.3. The van der Waals surface area contributed by atoms with E-state index in [0.29, 0.717) is 51.8 Å². The second kappa shape index (κ2) is 17.4. The fraction of sp³-hybridized carbons (Fsp3) is 0.441. The lowest BCUT2D eigenvalue weighted by Crippen LogP contribution is -2.41. The number of rotatable bonds is 18. The summed E-state index contributed by atoms with van der Waals surface area (Å²) in [5.41, 5.74) is 3.32. The van der Waals surface area contributed by atoms with Crippen LogP contribution in [0.1, 0.15) is 48.3 Å². The summed E-state index contributed by atoms with van der Waals surface area (Å²) in [6, 6.07) is 24.0. The minimum absolute atomic E-state index is 0.0558. The second-order valence-electron chi connectivity index (χ2n) is 10.3. The van der Waals surface area contributed by atoms with Crippen LogP contribution >= 0.6 is 0 Å². The first-order valence-electron chi connectivity index (χ1n) is 14.8. The number of methoxy groups -OCH3 is 1. The van der Waals surface area contributed by atoms with Crippen molar-refractivity contribution >= 4 is 5.97 Å². The fourth-order valence-corrected chi connectivity index (χ4v) is 5.19. The Labute approximate surface area is 248 Å². The number of hydrogen-bond donors (Lipinski definition) is 2. The van der Waals surface area contributed by atoms with Gasteiger partial charge in [0.25, 0.3) is 0 Å². The van der Waals surface area contributed by atoms with Crippen LogP contribution in [-0.2, 0) is 27.3 Å². The molecule has 0 aromatic heterocycles. The summed E-state index contributed by atoms with van der Waals surface area (Å²) < 4.78 is 29.4. The van der Waals surface area contributed by atoms with Gasteiger partial charge in [-0.15, -0.1) is 0 Å². The van der Waals surface area contributed by atoms with E-state index < -0.39 is 5.97 Å². The number of nitrogens with one attached hydrogen (secondary N) is 1. The number of ether oxygens (including phenoxy) is 5. The predicted molar refractivity (Wildman–Crippen MR) is 162 cm³/mol. The van der Waals surface area contributed by atoms with Crippen molar-refractivity contribution in [3.63, 3.8) is 0 Å². The maximum atomic E-state index is 10.8. The van der Waals surface area contributed by atoms with Gasteiger partial charge in [-0.3, -0.25) is 4.79 Å². The summed E-state index contributed by atoms with van der Waals surface area (Å²) >= 11 is 0. The zero-order valence-electron chi connectivity index (χ0n) is 24.5. The van der Waals surface area contributed by atoms with Gasteiger partial charge in [0.15, 0.2) is 0 Å². The van der Waals surface area contributed by atoms with Gasteiger partial charge in [0, 0.05) is 30.9 Å². The number of para-hydroxylation sites is 2. The lowest BCUT2D eigenvalue weighted by atomic mass is 9.88. The number of carboxylic acid groups (broad SMARTS) is 1. The van der Waals surface area contributed by atoms with E-state index >= 15 is 0 Å². The number of hydrogen-bond acceptors (Lipinski definition) is 7. The van der Waals surface area contributed by atoms with Gasteiger partial charge in [-0.2, -0.15) is 0 Å². The molecule has 2 atom stereocenters. The Bertz CT molecular complexity index is 1220. The molecular weight excluding hydrogens is 534 g/mol. The van der Waals surface area contributed by atoms with E-state index in [4.69, 9.17) is 28.8 Å². The Morgan fingerprint density at radius 3 is 2.40 bits per heavy atom. The van der Waals surface area contributed by atoms with Crippen molar-refractivity contribution in [1.29, 1.82) is 0 Å². The molecule has 0 aliphatic carbocycles. The summed E-state index contributed by atoms with van der Waals surface area (Å²) in [5, 5.41) is 12.4. The average molecular weight is 578 g/mol. The monoisotopic (exact) mass is 577 g/mol. The highest BCUT2D eigenvalue weighted by Gasteiger charge is 2.27. The quantitative estimate of drug-likeness (QED) is 0.188. The number of piperidine rings is 1. The molecule has 0 spiro atoms. The normalized spacial score (nSPS) is 16.6. The first-order chi connectivity index (χ1) is 20.6. The zero-order valence-corrected chi connectivity index (χ0v) is 24.5. The molecular formula is C34H43NO7. The molecule has 1 heterocycles. The van der Waals surface area contributed by atoms with Crippen LogP contribution in [0.5, 0.6) is 17.2 Å². The SMILES string of the molecule is COc1ccccc1COCCCOc1ccc([C@H]2CCNC[C@@H]2OCCOc2ccccc2CCCC(=O)O)cc1. The molecule has 3 aromatic rings. The van der Waals surface area contributed by atoms with Gasteiger partial charge < -0.3 is 34.1 Å². The summed E-state index contributed by atoms with van der Waals surface area (Å²) in [5.74, 6) is 2.01. The van der Waals surface area contributed by atoms with Gasteiger partial charge in [-0.25, -0.2) is 0 Å². The highest BCUT2D eigenvalue weighted by molar-refractivity contribution is 5.66. The molecule has 1 fully saturated rings. The van der Waals surface area contributed by atoms with Gasteiger partial charge >= 0.3 is 5.97 Å². The molecule has 0 bridgehead atoms. The Morgan fingerprint density at radius 1 is 0.857 bits per heavy atom. The van der Waals surface area contributed by atoms with E-state index in [1.54, 1.807) is 7.11 Å². The lowest BCUT2D eigenvalue weighted by Gasteiger charge is -2.32. The molecule has 1 aliphatic rings. The number of carbonyl (C=O) groups is 1. The maximum Gasteiger partial charge on any atom is 0.303 e. The number of aryl methyl sites for hydroxylation is 1. The smallest absolute Gasteiger partial charge is 0.303 e. The Hall–Kier alpha value is -3.59. The van der Waals surface area contributed by atoms with Crippen LogP contribution in [0.4, 0.5) is 0 Å². The molecule has 3 aromatic carbocycles. The minimum Gasteiger partial charge on any atom is -0.496 e. The van der Waals surface area contributed by atoms with Gasteiger partial charge in [-0.05, 0) is 61.2 Å². The van der Waals surface area contributed by atoms with E-state index in [9.17, 15) is 4.79 Å². The Balaban J connectivity index is 1.17. The summed E-state index contributed by atoms with van der Waals surface area (Å²) in [6.07, 6.45) is 3.28. The van der Waals surface area contributed by atoms with Gasteiger partial charge in [-0.1, -0.05) is 48.5 Å². The first-order valence-corrected chi connectivity index (χ1v) is 14.8. The highest BCUT2D eigenvalue weighted by atomic mass is 16.5. The number of aliphatic carboxylic acids is 1. The van der Waals surface area contributed by atoms with Crippen molar-refractivity contribution < 1.29 is 33.6 Å². The average Bonchev–Trinajstić information content (AvgIpc) is 3.02. The first kappa shape index (κ1) is 31.3. The van der Waals surface area contributed by atoms with Crippen molar-refractivity contribution in [3.05, 3.63) is 89.5 Å². The van der Waals surface area contributed by atoms with Crippen molar-refractivity contribution in [2.75, 3.05) is 46.6 Å². The fourth-order valence-electron chi connectivity index (χ4n) is 5.19. The van der Waals surface area contributed by atoms with Crippen LogP contribution in [-0.4, -0.2) is 63.8 Å². The molecule has 0 radical (unpaired) electrons. The van der Waals surface area contributed by atoms with E-state index in [0.717, 1.165) is 54.3 Å². The largest absolute Gasteiger partial charge is 0.496 e. The van der Waals surface area contributed by atoms with Crippen LogP contribution in [0.25, 0.3) is 0 Å². The van der Waals surface area contributed by atoms with E-state index in [-0.39, 0.29) is 12.5 Å². The molecule has 1 saturated heterocycles. The Morgan fingerprint density at radius 2 is 1.62 bits per heavy atom. The molecule has 8 nitrogen and oxygen atoms in total. The zero-order chi connectivity index (χ0) is 29.4. The topological polar surface area (TPSA) is 95.5 Å². The standard InChI is InChI=1S/C34H43NO7/c1-38-31-11-4-3-9-28(31)25-39-20-7-21-40-29-16-14-26(15-17-29)30-18-19-35-24-33(30)42-23-22-41-32-12-5-2-8-27(32)10-6-13-34(36)37/h2-5,8-9,11-12,14-17,30,33,35H,6-7,10,13,18-25H2,1H3,(H,36,37)/t30-,33+/m1/s1. The van der Waals surface area contributed by atoms with E-state index in [2.05, 4.69) is 17.4 Å². The summed E-state index contributed by atoms with van der Waals surface area (Å²) in [7, 11) is 1.67. The third-order valence-electron chi connectivity index (χ3n) is 7.37. The molecule has 0 saturated carbocycles. The highest BCUT2D eigenvalue weighted by Crippen LogP contribution is 2.29. The lowest BCUT2D eigenvalue weighted by molar-refractivity contribution is -0.137. The van der Waals surface area contributed by atoms with E-state index in [1.807, 2.05) is 60.7 Å². The van der Waals surface area contributed by atoms with Crippen molar-refractivity contribution in [1.82, 2.24) is 5.32 Å². The van der Waals surface area contributed by atoms with E-state index in [1.165, 1.54) is 5.56 Å². The Kier molecular flexibility index (Phi) is 13.0. The van der Waals surface area contributed by atoms with Gasteiger partial charge in [0.1, 0.15) is 23.9 Å². The minimum atomic E-state index is -0.776. The molecule has 0 amide bonds. The van der Waals surface area contributed by atoms with Crippen LogP contribution in [0, 0.1) is 0 Å². The molecule has 4 rings (SSSR count). The molecule has 8 heteroatoms. The molecule has 1 aliphatic heterocycles. The predicted octanol–water partition coefficient (Wildman–Crippen LogP) is 5.63. The summed E-state index contributed by atoms with van der Waals surface area (Å²) in [4.78, 5) is 10.8. The number of carboxylic acids is 1. The third kappa shape index (κ3) is 10.0. The van der Waals surface area contributed by atoms with Crippen LogP contribution in [0.3, 0.4) is 0 Å². The van der Waals surface area contributed by atoms with Gasteiger partial charge in [0.2, 0.25) is 0 Å². The molecule has 42 heavy (non-hydrogen) atoms.